The third-order valence-corrected chi connectivity index (χ3v) is 6.56. The van der Waals surface area contributed by atoms with Crippen molar-refractivity contribution in [3.05, 3.63) is 29.0 Å². The van der Waals surface area contributed by atoms with E-state index in [4.69, 9.17) is 15.7 Å². The van der Waals surface area contributed by atoms with Gasteiger partial charge in [0.1, 0.15) is 10.7 Å². The fraction of sp³-hybridized carbons (Fsp3) is 0.389. The van der Waals surface area contributed by atoms with Gasteiger partial charge < -0.3 is 16.0 Å². The fourth-order valence-corrected chi connectivity index (χ4v) is 4.36. The molecule has 3 N–H and O–H groups in total. The number of rotatable bonds is 6. The first-order valence-corrected chi connectivity index (χ1v) is 11.2. The Morgan fingerprint density at radius 1 is 1.30 bits per heavy atom. The molecule has 0 aromatic carbocycles. The predicted molar refractivity (Wildman–Crippen MR) is 109 cm³/mol. The van der Waals surface area contributed by atoms with Crippen molar-refractivity contribution < 1.29 is 22.1 Å². The Morgan fingerprint density at radius 2 is 2.07 bits per heavy atom. The lowest BCUT2D eigenvalue weighted by Gasteiger charge is -2.13. The number of carbonyl (C=O) groups excluding carboxylic acids is 2. The largest absolute Gasteiger partial charge is 0.354 e. The lowest BCUT2D eigenvalue weighted by Crippen LogP contribution is -2.23. The van der Waals surface area contributed by atoms with E-state index in [0.717, 1.165) is 25.5 Å². The number of nitrogens with one attached hydrogen (secondary N) is 3. The molecule has 2 fully saturated rings. The predicted octanol–water partition coefficient (Wildman–Crippen LogP) is 1.77. The molecule has 30 heavy (non-hydrogen) atoms. The van der Waals surface area contributed by atoms with Crippen LogP contribution < -0.4 is 16.0 Å². The highest BCUT2D eigenvalue weighted by Gasteiger charge is 2.65. The smallest absolute Gasteiger partial charge is 0.273 e. The normalized spacial score (nSPS) is 20.5. The summed E-state index contributed by atoms with van der Waals surface area (Å²) in [6.45, 7) is -2.80. The number of halogens is 1. The van der Waals surface area contributed by atoms with E-state index in [1.165, 1.54) is 18.3 Å². The minimum absolute atomic E-state index is 0.00510. The molecule has 2 amide bonds. The Labute approximate surface area is 182 Å². The van der Waals surface area contributed by atoms with Crippen molar-refractivity contribution in [2.45, 2.75) is 24.2 Å². The lowest BCUT2D eigenvalue weighted by molar-refractivity contribution is -0.117. The van der Waals surface area contributed by atoms with Gasteiger partial charge in [0, 0.05) is 35.5 Å². The van der Waals surface area contributed by atoms with Crippen LogP contribution in [0.25, 0.3) is 0 Å². The van der Waals surface area contributed by atoms with Gasteiger partial charge in [0.25, 0.3) is 5.91 Å². The van der Waals surface area contributed by atoms with Crippen LogP contribution in [-0.2, 0) is 14.6 Å². The number of nitrogens with zero attached hydrogens (tertiary/aromatic N) is 3. The first kappa shape index (κ1) is 16.9. The van der Waals surface area contributed by atoms with Crippen LogP contribution in [0.2, 0.25) is 5.02 Å². The highest BCUT2D eigenvalue weighted by Crippen LogP contribution is 2.70. The third-order valence-electron chi connectivity index (χ3n) is 5.24. The first-order valence-electron chi connectivity index (χ1n) is 10.4. The van der Waals surface area contributed by atoms with E-state index in [9.17, 15) is 18.0 Å². The van der Waals surface area contributed by atoms with Gasteiger partial charge in [-0.05, 0) is 30.7 Å². The minimum atomic E-state index is -3.78. The SMILES string of the molecule is [2H]C([2H])([2H])NC(=O)c1nnc(NC(=O)[C@H]2CC23CC3)cc1Nc1ncc(Cl)cc1S(C)(=O)=O. The van der Waals surface area contributed by atoms with Crippen molar-refractivity contribution in [3.8, 4) is 0 Å². The Hall–Kier alpha value is -2.79. The van der Waals surface area contributed by atoms with E-state index < -0.39 is 28.4 Å². The summed E-state index contributed by atoms with van der Waals surface area (Å²) < 4.78 is 46.1. The maximum absolute atomic E-state index is 12.5. The van der Waals surface area contributed by atoms with E-state index in [0.29, 0.717) is 0 Å². The molecule has 0 aliphatic heterocycles. The van der Waals surface area contributed by atoms with E-state index in [-0.39, 0.29) is 44.5 Å². The summed E-state index contributed by atoms with van der Waals surface area (Å²) in [6.07, 6.45) is 4.97. The van der Waals surface area contributed by atoms with Crippen molar-refractivity contribution >= 4 is 50.6 Å². The van der Waals surface area contributed by atoms with Crippen LogP contribution in [-0.4, -0.2) is 48.6 Å². The van der Waals surface area contributed by atoms with Crippen LogP contribution in [0.15, 0.2) is 23.2 Å². The van der Waals surface area contributed by atoms with E-state index in [1.54, 1.807) is 5.32 Å². The second-order valence-electron chi connectivity index (χ2n) is 7.45. The molecule has 0 unspecified atom stereocenters. The molecule has 0 bridgehead atoms. The molecular formula is C18H19ClN6O4S. The van der Waals surface area contributed by atoms with Gasteiger partial charge in [0.15, 0.2) is 21.3 Å². The van der Waals surface area contributed by atoms with Crippen molar-refractivity contribution in [2.24, 2.45) is 11.3 Å². The van der Waals surface area contributed by atoms with Crippen molar-refractivity contribution in [3.63, 3.8) is 0 Å². The molecule has 158 valence electrons. The Morgan fingerprint density at radius 3 is 2.70 bits per heavy atom. The van der Waals surface area contributed by atoms with Gasteiger partial charge in [-0.1, -0.05) is 11.6 Å². The summed E-state index contributed by atoms with van der Waals surface area (Å²) in [6, 6.07) is 2.43. The Bertz CT molecular complexity index is 1270. The van der Waals surface area contributed by atoms with Gasteiger partial charge in [-0.25, -0.2) is 13.4 Å². The molecule has 1 spiro atoms. The topological polar surface area (TPSA) is 143 Å². The molecular weight excluding hydrogens is 432 g/mol. The molecule has 2 aromatic heterocycles. The zero-order valence-electron chi connectivity index (χ0n) is 18.7. The third kappa shape index (κ3) is 3.94. The molecule has 12 heteroatoms. The average Bonchev–Trinajstić information content (AvgIpc) is 3.60. The summed E-state index contributed by atoms with van der Waals surface area (Å²) in [5.41, 5.74) is -0.445. The van der Waals surface area contributed by atoms with Gasteiger partial charge in [0.05, 0.1) is 10.7 Å². The molecule has 4 rings (SSSR count). The highest BCUT2D eigenvalue weighted by molar-refractivity contribution is 7.90. The molecule has 10 nitrogen and oxygen atoms in total. The van der Waals surface area contributed by atoms with Gasteiger partial charge in [-0.2, -0.15) is 0 Å². The number of hydrogen-bond donors (Lipinski definition) is 3. The fourth-order valence-electron chi connectivity index (χ4n) is 3.34. The Kier molecular flexibility index (Phi) is 4.05. The second-order valence-corrected chi connectivity index (χ2v) is 9.87. The van der Waals surface area contributed by atoms with Crippen molar-refractivity contribution in [1.29, 1.82) is 0 Å². The highest BCUT2D eigenvalue weighted by atomic mass is 35.5. The van der Waals surface area contributed by atoms with Crippen molar-refractivity contribution in [2.75, 3.05) is 23.9 Å². The lowest BCUT2D eigenvalue weighted by atomic mass is 10.2. The van der Waals surface area contributed by atoms with Crippen LogP contribution in [0.5, 0.6) is 0 Å². The standard InChI is InChI=1S/C18H19ClN6O4S/c1-20-17(27)14-11(22-15-12(30(2,28)29)5-9(19)8-21-15)6-13(24-25-14)23-16(26)10-7-18(10)3-4-18/h5-6,8,10H,3-4,7H2,1-2H3,(H,20,27)(H2,21,22,23,24,26)/t10-/m1/s1/i1D3. The number of hydrogen-bond acceptors (Lipinski definition) is 8. The zero-order chi connectivity index (χ0) is 24.2. The molecule has 1 atom stereocenters. The van der Waals surface area contributed by atoms with Crippen LogP contribution in [0.1, 0.15) is 33.9 Å². The summed E-state index contributed by atoms with van der Waals surface area (Å²) in [5, 5.41) is 14.8. The first-order chi connectivity index (χ1) is 15.3. The second kappa shape index (κ2) is 7.17. The van der Waals surface area contributed by atoms with Crippen LogP contribution in [0.3, 0.4) is 0 Å². The number of amides is 2. The van der Waals surface area contributed by atoms with E-state index in [2.05, 4.69) is 25.8 Å². The minimum Gasteiger partial charge on any atom is -0.354 e. The van der Waals surface area contributed by atoms with Gasteiger partial charge in [-0.3, -0.25) is 9.59 Å². The number of carbonyl (C=O) groups is 2. The summed E-state index contributed by atoms with van der Waals surface area (Å²) >= 11 is 5.88. The van der Waals surface area contributed by atoms with Gasteiger partial charge in [0.2, 0.25) is 5.91 Å². The molecule has 2 heterocycles. The summed E-state index contributed by atoms with van der Waals surface area (Å²) in [4.78, 5) is 28.7. The summed E-state index contributed by atoms with van der Waals surface area (Å²) in [5.74, 6) is -1.59. The molecule has 2 aromatic rings. The average molecular weight is 454 g/mol. The monoisotopic (exact) mass is 453 g/mol. The number of aromatic nitrogens is 3. The number of sulfone groups is 1. The maximum atomic E-state index is 12.5. The number of anilines is 3. The van der Waals surface area contributed by atoms with Crippen LogP contribution in [0, 0.1) is 11.3 Å². The van der Waals surface area contributed by atoms with Crippen LogP contribution in [0.4, 0.5) is 17.3 Å². The maximum Gasteiger partial charge on any atom is 0.273 e. The molecule has 0 radical (unpaired) electrons. The van der Waals surface area contributed by atoms with E-state index >= 15 is 0 Å². The molecule has 2 aliphatic rings. The van der Waals surface area contributed by atoms with Gasteiger partial charge in [-0.15, -0.1) is 10.2 Å². The van der Waals surface area contributed by atoms with Crippen molar-refractivity contribution in [1.82, 2.24) is 20.5 Å². The quantitative estimate of drug-likeness (QED) is 0.600. The molecule has 2 saturated carbocycles. The van der Waals surface area contributed by atoms with Crippen LogP contribution >= 0.6 is 11.6 Å². The molecule has 2 aliphatic carbocycles. The Balaban J connectivity index is 1.69. The summed E-state index contributed by atoms with van der Waals surface area (Å²) in [7, 11) is -3.78. The van der Waals surface area contributed by atoms with Gasteiger partial charge >= 0.3 is 0 Å². The zero-order valence-corrected chi connectivity index (χ0v) is 17.3. The number of pyridine rings is 1. The molecule has 0 saturated heterocycles. The van der Waals surface area contributed by atoms with E-state index in [1.807, 2.05) is 0 Å².